The van der Waals surface area contributed by atoms with Crippen molar-refractivity contribution < 1.29 is 4.39 Å². The summed E-state index contributed by atoms with van der Waals surface area (Å²) in [6.07, 6.45) is 0. The molecule has 3 nitrogen and oxygen atoms in total. The third-order valence-electron chi connectivity index (χ3n) is 2.75. The summed E-state index contributed by atoms with van der Waals surface area (Å²) in [6, 6.07) is 4.98. The Labute approximate surface area is 93.5 Å². The lowest BCUT2D eigenvalue weighted by molar-refractivity contribution is 0.618. The number of halogens is 1. The third kappa shape index (κ3) is 1.72. The van der Waals surface area contributed by atoms with Crippen LogP contribution in [0, 0.1) is 19.7 Å². The Balaban J connectivity index is 2.50. The molecule has 0 aliphatic carbocycles. The van der Waals surface area contributed by atoms with E-state index in [0.29, 0.717) is 12.1 Å². The van der Waals surface area contributed by atoms with Crippen LogP contribution < -0.4 is 5.73 Å². The van der Waals surface area contributed by atoms with E-state index < -0.39 is 0 Å². The van der Waals surface area contributed by atoms with Gasteiger partial charge in [0.25, 0.3) is 0 Å². The van der Waals surface area contributed by atoms with E-state index in [1.807, 2.05) is 6.92 Å². The van der Waals surface area contributed by atoms with E-state index in [2.05, 4.69) is 10.2 Å². The topological polar surface area (TPSA) is 54.7 Å². The number of hydrogen-bond donors (Lipinski definition) is 2. The van der Waals surface area contributed by atoms with Crippen molar-refractivity contribution in [1.82, 2.24) is 10.2 Å². The van der Waals surface area contributed by atoms with Crippen molar-refractivity contribution in [3.8, 4) is 11.3 Å². The first-order valence-electron chi connectivity index (χ1n) is 5.14. The molecule has 0 amide bonds. The number of rotatable bonds is 2. The molecule has 0 saturated carbocycles. The minimum atomic E-state index is -0.198. The monoisotopic (exact) mass is 219 g/mol. The van der Waals surface area contributed by atoms with Crippen LogP contribution in [-0.4, -0.2) is 10.2 Å². The van der Waals surface area contributed by atoms with Gasteiger partial charge in [-0.2, -0.15) is 5.10 Å². The van der Waals surface area contributed by atoms with Crippen molar-refractivity contribution in [2.75, 3.05) is 0 Å². The molecule has 1 aromatic heterocycles. The molecule has 4 heteroatoms. The first-order valence-corrected chi connectivity index (χ1v) is 5.14. The highest BCUT2D eigenvalue weighted by Gasteiger charge is 2.10. The van der Waals surface area contributed by atoms with Crippen LogP contribution in [0.3, 0.4) is 0 Å². The molecular weight excluding hydrogens is 205 g/mol. The summed E-state index contributed by atoms with van der Waals surface area (Å²) >= 11 is 0. The number of nitrogens with zero attached hydrogens (tertiary/aromatic N) is 1. The van der Waals surface area contributed by atoms with E-state index in [4.69, 9.17) is 5.73 Å². The predicted octanol–water partition coefficient (Wildman–Crippen LogP) is 2.29. The molecule has 1 heterocycles. The quantitative estimate of drug-likeness (QED) is 0.814. The van der Waals surface area contributed by atoms with Crippen LogP contribution in [0.15, 0.2) is 18.2 Å². The fraction of sp³-hybridized carbons (Fsp3) is 0.250. The Bertz CT molecular complexity index is 517. The maximum absolute atomic E-state index is 13.1. The molecule has 2 aromatic rings. The van der Waals surface area contributed by atoms with Gasteiger partial charge in [-0.3, -0.25) is 5.10 Å². The van der Waals surface area contributed by atoms with Gasteiger partial charge in [-0.05, 0) is 43.2 Å². The summed E-state index contributed by atoms with van der Waals surface area (Å²) in [7, 11) is 0. The normalized spacial score (nSPS) is 10.8. The predicted molar refractivity (Wildman–Crippen MR) is 61.3 cm³/mol. The molecule has 0 saturated heterocycles. The van der Waals surface area contributed by atoms with Crippen molar-refractivity contribution in [3.05, 3.63) is 40.8 Å². The van der Waals surface area contributed by atoms with Crippen LogP contribution in [0.1, 0.15) is 16.8 Å². The van der Waals surface area contributed by atoms with Crippen molar-refractivity contribution in [2.45, 2.75) is 20.4 Å². The Morgan fingerprint density at radius 1 is 1.38 bits per heavy atom. The van der Waals surface area contributed by atoms with Gasteiger partial charge < -0.3 is 5.73 Å². The average molecular weight is 219 g/mol. The smallest absolute Gasteiger partial charge is 0.126 e. The summed E-state index contributed by atoms with van der Waals surface area (Å²) in [6.45, 7) is 4.13. The second-order valence-corrected chi connectivity index (χ2v) is 3.84. The van der Waals surface area contributed by atoms with Gasteiger partial charge in [0.15, 0.2) is 0 Å². The Hall–Kier alpha value is -1.68. The van der Waals surface area contributed by atoms with Crippen LogP contribution >= 0.6 is 0 Å². The second-order valence-electron chi connectivity index (χ2n) is 3.84. The van der Waals surface area contributed by atoms with Gasteiger partial charge in [0.2, 0.25) is 0 Å². The number of nitrogens with one attached hydrogen (secondary N) is 1. The minimum Gasteiger partial charge on any atom is -0.325 e. The van der Waals surface area contributed by atoms with Crippen molar-refractivity contribution >= 4 is 0 Å². The molecule has 0 fully saturated rings. The van der Waals surface area contributed by atoms with Gasteiger partial charge in [-0.15, -0.1) is 0 Å². The SMILES string of the molecule is Cc1cc(-c2n[nH]c(CN)c2C)ccc1F. The van der Waals surface area contributed by atoms with Gasteiger partial charge in [-0.1, -0.05) is 0 Å². The van der Waals surface area contributed by atoms with Crippen LogP contribution in [0.4, 0.5) is 4.39 Å². The minimum absolute atomic E-state index is 0.198. The summed E-state index contributed by atoms with van der Waals surface area (Å²) in [5, 5.41) is 7.09. The number of hydrogen-bond acceptors (Lipinski definition) is 2. The molecule has 16 heavy (non-hydrogen) atoms. The summed E-state index contributed by atoms with van der Waals surface area (Å²) < 4.78 is 13.1. The van der Waals surface area contributed by atoms with E-state index in [1.54, 1.807) is 19.1 Å². The molecule has 0 spiro atoms. The van der Waals surface area contributed by atoms with Gasteiger partial charge >= 0.3 is 0 Å². The summed E-state index contributed by atoms with van der Waals surface area (Å²) in [5.41, 5.74) is 9.87. The van der Waals surface area contributed by atoms with Gasteiger partial charge in [-0.25, -0.2) is 4.39 Å². The first-order chi connectivity index (χ1) is 7.63. The van der Waals surface area contributed by atoms with Crippen LogP contribution in [0.2, 0.25) is 0 Å². The highest BCUT2D eigenvalue weighted by Crippen LogP contribution is 2.24. The molecular formula is C12H14FN3. The van der Waals surface area contributed by atoms with Crippen molar-refractivity contribution in [3.63, 3.8) is 0 Å². The zero-order valence-corrected chi connectivity index (χ0v) is 9.34. The standard InChI is InChI=1S/C12H14FN3/c1-7-5-9(3-4-10(7)13)12-8(2)11(6-14)15-16-12/h3-5H,6,14H2,1-2H3,(H,15,16). The average Bonchev–Trinajstić information content (AvgIpc) is 2.64. The third-order valence-corrected chi connectivity index (χ3v) is 2.75. The number of benzene rings is 1. The van der Waals surface area contributed by atoms with E-state index in [0.717, 1.165) is 22.5 Å². The second kappa shape index (κ2) is 4.06. The number of nitrogens with two attached hydrogens (primary N) is 1. The molecule has 0 aliphatic heterocycles. The van der Waals surface area contributed by atoms with Gasteiger partial charge in [0, 0.05) is 12.1 Å². The molecule has 0 unspecified atom stereocenters. The lowest BCUT2D eigenvalue weighted by Crippen LogP contribution is -1.98. The first kappa shape index (κ1) is 10.8. The van der Waals surface area contributed by atoms with Crippen LogP contribution in [-0.2, 0) is 6.54 Å². The fourth-order valence-electron chi connectivity index (χ4n) is 1.71. The Morgan fingerprint density at radius 3 is 2.69 bits per heavy atom. The molecule has 2 rings (SSSR count). The van der Waals surface area contributed by atoms with E-state index in [1.165, 1.54) is 6.07 Å². The highest BCUT2D eigenvalue weighted by molar-refractivity contribution is 5.64. The maximum Gasteiger partial charge on any atom is 0.126 e. The van der Waals surface area contributed by atoms with Crippen molar-refractivity contribution in [2.24, 2.45) is 5.73 Å². The lowest BCUT2D eigenvalue weighted by atomic mass is 10.0. The Kier molecular flexibility index (Phi) is 2.75. The van der Waals surface area contributed by atoms with Gasteiger partial charge in [0.05, 0.1) is 11.4 Å². The lowest BCUT2D eigenvalue weighted by Gasteiger charge is -2.02. The summed E-state index contributed by atoms with van der Waals surface area (Å²) in [5.74, 6) is -0.198. The van der Waals surface area contributed by atoms with Crippen molar-refractivity contribution in [1.29, 1.82) is 0 Å². The van der Waals surface area contributed by atoms with E-state index in [9.17, 15) is 4.39 Å². The van der Waals surface area contributed by atoms with E-state index >= 15 is 0 Å². The maximum atomic E-state index is 13.1. The fourth-order valence-corrected chi connectivity index (χ4v) is 1.71. The molecule has 0 atom stereocenters. The zero-order chi connectivity index (χ0) is 11.7. The zero-order valence-electron chi connectivity index (χ0n) is 9.34. The number of H-pyrrole nitrogens is 1. The number of aromatic nitrogens is 2. The largest absolute Gasteiger partial charge is 0.325 e. The highest BCUT2D eigenvalue weighted by atomic mass is 19.1. The molecule has 84 valence electrons. The molecule has 0 bridgehead atoms. The number of aryl methyl sites for hydroxylation is 1. The summed E-state index contributed by atoms with van der Waals surface area (Å²) in [4.78, 5) is 0. The molecule has 1 aromatic carbocycles. The molecule has 0 radical (unpaired) electrons. The number of aromatic amines is 1. The van der Waals surface area contributed by atoms with E-state index in [-0.39, 0.29) is 5.82 Å². The molecule has 0 aliphatic rings. The molecule has 3 N–H and O–H groups in total. The Morgan fingerprint density at radius 2 is 2.12 bits per heavy atom. The van der Waals surface area contributed by atoms with Crippen LogP contribution in [0.5, 0.6) is 0 Å². The van der Waals surface area contributed by atoms with Gasteiger partial charge in [0.1, 0.15) is 5.82 Å². The van der Waals surface area contributed by atoms with Crippen LogP contribution in [0.25, 0.3) is 11.3 Å².